The second kappa shape index (κ2) is 5.69. The van der Waals surface area contributed by atoms with E-state index < -0.39 is 0 Å². The number of fused-ring (bicyclic) bond motifs is 1. The van der Waals surface area contributed by atoms with Crippen molar-refractivity contribution in [1.29, 1.82) is 0 Å². The average Bonchev–Trinajstić information content (AvgIpc) is 3.01. The van der Waals surface area contributed by atoms with E-state index in [9.17, 15) is 0 Å². The molecule has 0 amide bonds. The molecule has 0 aromatic carbocycles. The molecule has 21 heavy (non-hydrogen) atoms. The summed E-state index contributed by atoms with van der Waals surface area (Å²) < 4.78 is 4.03. The Balaban J connectivity index is 1.68. The molecule has 0 aliphatic heterocycles. The third kappa shape index (κ3) is 2.97. The predicted octanol–water partition coefficient (Wildman–Crippen LogP) is 2.05. The van der Waals surface area contributed by atoms with E-state index in [1.54, 1.807) is 0 Å². The molecule has 0 fully saturated rings. The van der Waals surface area contributed by atoms with Crippen molar-refractivity contribution in [3.8, 4) is 0 Å². The Kier molecular flexibility index (Phi) is 3.75. The molecule has 0 atom stereocenters. The second-order valence-electron chi connectivity index (χ2n) is 5.58. The minimum Gasteiger partial charge on any atom is -0.302 e. The number of hydrogen-bond donors (Lipinski definition) is 0. The molecule has 0 bridgehead atoms. The summed E-state index contributed by atoms with van der Waals surface area (Å²) in [4.78, 5) is 6.94. The number of imidazole rings is 1. The third-order valence-corrected chi connectivity index (χ3v) is 3.79. The quantitative estimate of drug-likeness (QED) is 0.719. The number of hydrogen-bond acceptors (Lipinski definition) is 3. The van der Waals surface area contributed by atoms with Crippen LogP contribution in [-0.2, 0) is 20.0 Å². The number of likely N-dealkylation sites (N-methyl/N-ethyl adjacent to an activating group) is 1. The molecule has 0 aliphatic carbocycles. The fraction of sp³-hybridized carbons (Fsp3) is 0.375. The van der Waals surface area contributed by atoms with E-state index in [2.05, 4.69) is 45.7 Å². The van der Waals surface area contributed by atoms with E-state index in [1.807, 2.05) is 36.1 Å². The van der Waals surface area contributed by atoms with E-state index in [4.69, 9.17) is 0 Å². The summed E-state index contributed by atoms with van der Waals surface area (Å²) in [6.07, 6.45) is 7.11. The summed E-state index contributed by atoms with van der Waals surface area (Å²) in [6.45, 7) is 3.99. The Labute approximate surface area is 124 Å². The van der Waals surface area contributed by atoms with E-state index in [0.717, 1.165) is 30.9 Å². The third-order valence-electron chi connectivity index (χ3n) is 3.79. The first-order valence-corrected chi connectivity index (χ1v) is 7.22. The normalized spacial score (nSPS) is 11.6. The predicted molar refractivity (Wildman–Crippen MR) is 83.2 cm³/mol. The van der Waals surface area contributed by atoms with Crippen LogP contribution in [0.25, 0.3) is 5.65 Å². The van der Waals surface area contributed by atoms with Crippen LogP contribution in [0, 0.1) is 6.92 Å². The average molecular weight is 283 g/mol. The molecule has 5 heteroatoms. The van der Waals surface area contributed by atoms with Gasteiger partial charge in [0.15, 0.2) is 0 Å². The van der Waals surface area contributed by atoms with Crippen LogP contribution >= 0.6 is 0 Å². The summed E-state index contributed by atoms with van der Waals surface area (Å²) in [7, 11) is 4.10. The van der Waals surface area contributed by atoms with Crippen LogP contribution in [0.15, 0.2) is 36.8 Å². The van der Waals surface area contributed by atoms with Gasteiger partial charge in [0.2, 0.25) is 0 Å². The van der Waals surface area contributed by atoms with Gasteiger partial charge in [0.1, 0.15) is 5.65 Å². The molecule has 3 aromatic rings. The maximum atomic E-state index is 4.61. The number of aromatic nitrogens is 4. The molecule has 0 unspecified atom stereocenters. The van der Waals surface area contributed by atoms with Gasteiger partial charge in [-0.3, -0.25) is 4.68 Å². The molecule has 3 heterocycles. The van der Waals surface area contributed by atoms with Crippen molar-refractivity contribution in [3.05, 3.63) is 53.7 Å². The van der Waals surface area contributed by atoms with Crippen molar-refractivity contribution in [2.24, 2.45) is 7.05 Å². The Hall–Kier alpha value is -2.14. The number of nitrogens with zero attached hydrogens (tertiary/aromatic N) is 5. The first-order chi connectivity index (χ1) is 10.1. The number of pyridine rings is 1. The number of aryl methyl sites for hydroxylation is 2. The van der Waals surface area contributed by atoms with Crippen LogP contribution in [-0.4, -0.2) is 37.7 Å². The topological polar surface area (TPSA) is 38.4 Å². The van der Waals surface area contributed by atoms with Crippen LogP contribution < -0.4 is 0 Å². The fourth-order valence-electron chi connectivity index (χ4n) is 2.61. The second-order valence-corrected chi connectivity index (χ2v) is 5.58. The van der Waals surface area contributed by atoms with Gasteiger partial charge >= 0.3 is 0 Å². The van der Waals surface area contributed by atoms with Crippen molar-refractivity contribution in [2.75, 3.05) is 13.6 Å². The first kappa shape index (κ1) is 13.8. The monoisotopic (exact) mass is 283 g/mol. The molecule has 5 nitrogen and oxygen atoms in total. The lowest BCUT2D eigenvalue weighted by molar-refractivity contribution is 0.325. The van der Waals surface area contributed by atoms with Crippen molar-refractivity contribution in [1.82, 2.24) is 24.1 Å². The molecule has 0 aliphatic rings. The highest BCUT2D eigenvalue weighted by molar-refractivity contribution is 5.42. The molecule has 3 rings (SSSR count). The highest BCUT2D eigenvalue weighted by Crippen LogP contribution is 2.13. The van der Waals surface area contributed by atoms with Gasteiger partial charge in [0, 0.05) is 32.5 Å². The summed E-state index contributed by atoms with van der Waals surface area (Å²) >= 11 is 0. The Bertz CT molecular complexity index is 740. The summed E-state index contributed by atoms with van der Waals surface area (Å²) in [5.41, 5.74) is 4.67. The summed E-state index contributed by atoms with van der Waals surface area (Å²) in [5.74, 6) is 0. The van der Waals surface area contributed by atoms with Gasteiger partial charge in [-0.2, -0.15) is 5.10 Å². The maximum absolute atomic E-state index is 4.61. The van der Waals surface area contributed by atoms with Crippen molar-refractivity contribution in [3.63, 3.8) is 0 Å². The standard InChI is InChI=1S/C16H21N5/c1-13-15(21-8-5-4-6-16(21)18-13)12-19(2)9-7-14-10-17-20(3)11-14/h4-6,8,10-11H,7,9,12H2,1-3H3. The lowest BCUT2D eigenvalue weighted by atomic mass is 10.2. The van der Waals surface area contributed by atoms with Gasteiger partial charge in [-0.15, -0.1) is 0 Å². The molecular formula is C16H21N5. The fourth-order valence-corrected chi connectivity index (χ4v) is 2.61. The smallest absolute Gasteiger partial charge is 0.137 e. The Morgan fingerprint density at radius 3 is 2.90 bits per heavy atom. The summed E-state index contributed by atoms with van der Waals surface area (Å²) in [6, 6.07) is 6.12. The lowest BCUT2D eigenvalue weighted by Gasteiger charge is -2.16. The zero-order chi connectivity index (χ0) is 14.8. The van der Waals surface area contributed by atoms with Crippen LogP contribution in [0.4, 0.5) is 0 Å². The van der Waals surface area contributed by atoms with Crippen molar-refractivity contribution in [2.45, 2.75) is 19.9 Å². The number of rotatable bonds is 5. The molecule has 0 N–H and O–H groups in total. The SMILES string of the molecule is Cc1nc2ccccn2c1CN(C)CCc1cnn(C)c1. The molecule has 110 valence electrons. The van der Waals surface area contributed by atoms with Gasteiger partial charge in [-0.25, -0.2) is 4.98 Å². The van der Waals surface area contributed by atoms with Crippen molar-refractivity contribution < 1.29 is 0 Å². The molecule has 0 spiro atoms. The van der Waals surface area contributed by atoms with E-state index >= 15 is 0 Å². The minimum atomic E-state index is 0.900. The Morgan fingerprint density at radius 1 is 1.29 bits per heavy atom. The minimum absolute atomic E-state index is 0.900. The Morgan fingerprint density at radius 2 is 2.14 bits per heavy atom. The van der Waals surface area contributed by atoms with Crippen LogP contribution in [0.1, 0.15) is 17.0 Å². The van der Waals surface area contributed by atoms with Gasteiger partial charge in [-0.05, 0) is 38.1 Å². The van der Waals surface area contributed by atoms with Crippen LogP contribution in [0.2, 0.25) is 0 Å². The molecule has 0 saturated carbocycles. The first-order valence-electron chi connectivity index (χ1n) is 7.22. The van der Waals surface area contributed by atoms with E-state index in [-0.39, 0.29) is 0 Å². The van der Waals surface area contributed by atoms with E-state index in [0.29, 0.717) is 0 Å². The van der Waals surface area contributed by atoms with Crippen LogP contribution in [0.3, 0.4) is 0 Å². The maximum Gasteiger partial charge on any atom is 0.137 e. The molecule has 3 aromatic heterocycles. The van der Waals surface area contributed by atoms with Gasteiger partial charge < -0.3 is 9.30 Å². The van der Waals surface area contributed by atoms with Gasteiger partial charge in [0.05, 0.1) is 17.6 Å². The van der Waals surface area contributed by atoms with Gasteiger partial charge in [-0.1, -0.05) is 6.07 Å². The lowest BCUT2D eigenvalue weighted by Crippen LogP contribution is -2.22. The van der Waals surface area contributed by atoms with Gasteiger partial charge in [0.25, 0.3) is 0 Å². The zero-order valence-corrected chi connectivity index (χ0v) is 12.8. The highest BCUT2D eigenvalue weighted by Gasteiger charge is 2.10. The van der Waals surface area contributed by atoms with Crippen molar-refractivity contribution >= 4 is 5.65 Å². The van der Waals surface area contributed by atoms with E-state index in [1.165, 1.54) is 11.3 Å². The van der Waals surface area contributed by atoms with Crippen LogP contribution in [0.5, 0.6) is 0 Å². The molecule has 0 saturated heterocycles. The summed E-state index contributed by atoms with van der Waals surface area (Å²) in [5, 5.41) is 4.21. The molecule has 0 radical (unpaired) electrons. The zero-order valence-electron chi connectivity index (χ0n) is 12.8. The largest absolute Gasteiger partial charge is 0.302 e. The molecular weight excluding hydrogens is 262 g/mol. The highest BCUT2D eigenvalue weighted by atomic mass is 15.2.